The van der Waals surface area contributed by atoms with Crippen LogP contribution < -0.4 is 0 Å². The molecule has 0 radical (unpaired) electrons. The molecule has 0 saturated carbocycles. The predicted octanol–water partition coefficient (Wildman–Crippen LogP) is 4.39. The Labute approximate surface area is 168 Å². The number of aromatic nitrogens is 3. The first-order valence-electron chi connectivity index (χ1n) is 9.02. The molecule has 146 valence electrons. The van der Waals surface area contributed by atoms with E-state index in [1.807, 2.05) is 67.7 Å². The normalized spacial score (nSPS) is 13.5. The third-order valence-corrected chi connectivity index (χ3v) is 5.64. The van der Waals surface area contributed by atoms with Crippen LogP contribution in [0.2, 0.25) is 0 Å². The Hall–Kier alpha value is -2.51. The topological polar surface area (TPSA) is 51.0 Å². The van der Waals surface area contributed by atoms with Gasteiger partial charge in [-0.05, 0) is 52.2 Å². The maximum Gasteiger partial charge on any atom is 0.196 e. The Bertz CT molecular complexity index is 941. The number of benzene rings is 2. The highest BCUT2D eigenvalue weighted by Gasteiger charge is 2.24. The lowest BCUT2D eigenvalue weighted by molar-refractivity contribution is 0.0994. The van der Waals surface area contributed by atoms with Gasteiger partial charge in [-0.25, -0.2) is 4.39 Å². The number of Topliss-reactive ketones (excluding diaryl/α,β-unsaturated/α-hetero) is 1. The fourth-order valence-corrected chi connectivity index (χ4v) is 3.69. The van der Waals surface area contributed by atoms with Gasteiger partial charge in [0.1, 0.15) is 5.82 Å². The minimum Gasteiger partial charge on any atom is -0.300 e. The van der Waals surface area contributed by atoms with E-state index in [0.29, 0.717) is 10.7 Å². The molecule has 7 heteroatoms. The van der Waals surface area contributed by atoms with Crippen LogP contribution in [0.15, 0.2) is 59.8 Å². The summed E-state index contributed by atoms with van der Waals surface area (Å²) in [6.45, 7) is 3.88. The molecule has 0 unspecified atom stereocenters. The number of nitrogens with zero attached hydrogens (tertiary/aromatic N) is 4. The highest BCUT2D eigenvalue weighted by Crippen LogP contribution is 2.30. The van der Waals surface area contributed by atoms with Gasteiger partial charge >= 0.3 is 0 Å². The van der Waals surface area contributed by atoms with Crippen molar-refractivity contribution in [3.8, 4) is 5.69 Å². The zero-order valence-corrected chi connectivity index (χ0v) is 17.2. The van der Waals surface area contributed by atoms with Gasteiger partial charge in [0, 0.05) is 11.3 Å². The van der Waals surface area contributed by atoms with Crippen molar-refractivity contribution in [1.29, 1.82) is 0 Å². The maximum absolute atomic E-state index is 13.4. The van der Waals surface area contributed by atoms with E-state index in [2.05, 4.69) is 10.2 Å². The van der Waals surface area contributed by atoms with E-state index in [9.17, 15) is 9.18 Å². The number of halogens is 1. The second kappa shape index (κ2) is 8.67. The molecule has 5 nitrogen and oxygen atoms in total. The van der Waals surface area contributed by atoms with Crippen molar-refractivity contribution in [2.45, 2.75) is 30.3 Å². The SMILES string of the molecule is C[C@H](Sc1nnc([C@@H](C)N(C)C)n1-c1ccc(F)cc1)C(=O)c1ccccc1. The van der Waals surface area contributed by atoms with E-state index in [0.717, 1.165) is 11.5 Å². The summed E-state index contributed by atoms with van der Waals surface area (Å²) < 4.78 is 15.3. The molecule has 0 spiro atoms. The summed E-state index contributed by atoms with van der Waals surface area (Å²) in [5.74, 6) is 0.459. The molecule has 0 amide bonds. The molecule has 3 aromatic rings. The van der Waals surface area contributed by atoms with Gasteiger partial charge in [-0.3, -0.25) is 14.3 Å². The van der Waals surface area contributed by atoms with E-state index in [1.165, 1.54) is 23.9 Å². The van der Waals surface area contributed by atoms with Crippen LogP contribution in [0.3, 0.4) is 0 Å². The highest BCUT2D eigenvalue weighted by atomic mass is 32.2. The monoisotopic (exact) mass is 398 g/mol. The van der Waals surface area contributed by atoms with Crippen molar-refractivity contribution in [2.75, 3.05) is 14.1 Å². The van der Waals surface area contributed by atoms with Crippen LogP contribution in [-0.4, -0.2) is 44.8 Å². The molecule has 0 aliphatic carbocycles. The van der Waals surface area contributed by atoms with Gasteiger partial charge < -0.3 is 0 Å². The second-order valence-electron chi connectivity index (χ2n) is 6.78. The first-order chi connectivity index (χ1) is 13.4. The fourth-order valence-electron chi connectivity index (χ4n) is 2.74. The average molecular weight is 399 g/mol. The van der Waals surface area contributed by atoms with Crippen LogP contribution in [0.4, 0.5) is 4.39 Å². The third-order valence-electron chi connectivity index (χ3n) is 4.60. The molecule has 0 saturated heterocycles. The molecule has 28 heavy (non-hydrogen) atoms. The van der Waals surface area contributed by atoms with E-state index in [4.69, 9.17) is 0 Å². The standard InChI is InChI=1S/C21H23FN4OS/c1-14(25(3)4)20-23-24-21(26(20)18-12-10-17(22)11-13-18)28-15(2)19(27)16-8-6-5-7-9-16/h5-15H,1-4H3/t14-,15+/m1/s1. The largest absolute Gasteiger partial charge is 0.300 e. The fraction of sp³-hybridized carbons (Fsp3) is 0.286. The Morgan fingerprint density at radius 1 is 1.04 bits per heavy atom. The van der Waals surface area contributed by atoms with Crippen molar-refractivity contribution < 1.29 is 9.18 Å². The van der Waals surface area contributed by atoms with Gasteiger partial charge in [0.15, 0.2) is 16.8 Å². The highest BCUT2D eigenvalue weighted by molar-refractivity contribution is 8.00. The summed E-state index contributed by atoms with van der Waals surface area (Å²) in [6.07, 6.45) is 0. The summed E-state index contributed by atoms with van der Waals surface area (Å²) in [5.41, 5.74) is 1.43. The van der Waals surface area contributed by atoms with Crippen molar-refractivity contribution >= 4 is 17.5 Å². The summed E-state index contributed by atoms with van der Waals surface area (Å²) in [5, 5.41) is 8.97. The van der Waals surface area contributed by atoms with Crippen molar-refractivity contribution in [3.63, 3.8) is 0 Å². The first-order valence-corrected chi connectivity index (χ1v) is 9.90. The van der Waals surface area contributed by atoms with Crippen LogP contribution in [0, 0.1) is 5.82 Å². The number of hydrogen-bond acceptors (Lipinski definition) is 5. The molecule has 0 bridgehead atoms. The van der Waals surface area contributed by atoms with Gasteiger partial charge in [-0.2, -0.15) is 0 Å². The third kappa shape index (κ3) is 4.31. The Balaban J connectivity index is 1.96. The zero-order chi connectivity index (χ0) is 20.3. The zero-order valence-electron chi connectivity index (χ0n) is 16.3. The van der Waals surface area contributed by atoms with E-state index in [1.54, 1.807) is 12.1 Å². The molecule has 3 rings (SSSR count). The van der Waals surface area contributed by atoms with Crippen LogP contribution in [0.25, 0.3) is 5.69 Å². The minimum atomic E-state index is -0.340. The summed E-state index contributed by atoms with van der Waals surface area (Å²) in [4.78, 5) is 14.8. The predicted molar refractivity (Wildman–Crippen MR) is 110 cm³/mol. The molecule has 1 heterocycles. The Morgan fingerprint density at radius 2 is 1.68 bits per heavy atom. The number of rotatable bonds is 7. The van der Waals surface area contributed by atoms with Gasteiger partial charge in [-0.1, -0.05) is 42.1 Å². The van der Waals surface area contributed by atoms with Crippen molar-refractivity contribution in [1.82, 2.24) is 19.7 Å². The lowest BCUT2D eigenvalue weighted by atomic mass is 10.1. The van der Waals surface area contributed by atoms with E-state index in [-0.39, 0.29) is 22.9 Å². The smallest absolute Gasteiger partial charge is 0.196 e. The average Bonchev–Trinajstić information content (AvgIpc) is 3.11. The molecule has 2 atom stereocenters. The van der Waals surface area contributed by atoms with Gasteiger partial charge in [0.2, 0.25) is 0 Å². The van der Waals surface area contributed by atoms with Crippen molar-refractivity contribution in [3.05, 3.63) is 71.8 Å². The van der Waals surface area contributed by atoms with Gasteiger partial charge in [0.25, 0.3) is 0 Å². The number of carbonyl (C=O) groups is 1. The van der Waals surface area contributed by atoms with Gasteiger partial charge in [-0.15, -0.1) is 10.2 Å². The minimum absolute atomic E-state index is 0.00738. The van der Waals surface area contributed by atoms with Crippen LogP contribution in [0.1, 0.15) is 36.1 Å². The molecule has 0 N–H and O–H groups in total. The molecule has 0 aliphatic rings. The lowest BCUT2D eigenvalue weighted by Crippen LogP contribution is -2.21. The number of ketones is 1. The lowest BCUT2D eigenvalue weighted by Gasteiger charge is -2.21. The molecular formula is C21H23FN4OS. The second-order valence-corrected chi connectivity index (χ2v) is 8.09. The van der Waals surface area contributed by atoms with E-state index < -0.39 is 0 Å². The maximum atomic E-state index is 13.4. The quantitative estimate of drug-likeness (QED) is 0.436. The van der Waals surface area contributed by atoms with Crippen molar-refractivity contribution in [2.24, 2.45) is 0 Å². The molecule has 0 aliphatic heterocycles. The van der Waals surface area contributed by atoms with Crippen LogP contribution >= 0.6 is 11.8 Å². The number of carbonyl (C=O) groups excluding carboxylic acids is 1. The Kier molecular flexibility index (Phi) is 6.26. The molecule has 1 aromatic heterocycles. The summed E-state index contributed by atoms with van der Waals surface area (Å²) in [7, 11) is 3.92. The van der Waals surface area contributed by atoms with E-state index >= 15 is 0 Å². The molecular weight excluding hydrogens is 375 g/mol. The Morgan fingerprint density at radius 3 is 2.29 bits per heavy atom. The number of hydrogen-bond donors (Lipinski definition) is 0. The molecule has 2 aromatic carbocycles. The first kappa shape index (κ1) is 20.2. The summed E-state index contributed by atoms with van der Waals surface area (Å²) in [6, 6.07) is 15.4. The van der Waals surface area contributed by atoms with Crippen LogP contribution in [0.5, 0.6) is 0 Å². The summed E-state index contributed by atoms with van der Waals surface area (Å²) >= 11 is 1.35. The van der Waals surface area contributed by atoms with Crippen LogP contribution in [-0.2, 0) is 0 Å². The number of thioether (sulfide) groups is 1. The van der Waals surface area contributed by atoms with Gasteiger partial charge in [0.05, 0.1) is 11.3 Å². The molecule has 0 fully saturated rings.